The molecule has 6 rings (SSSR count). The maximum absolute atomic E-state index is 7.62. The average molecular weight is 606 g/mol. The monoisotopic (exact) mass is 605 g/mol. The maximum Gasteiger partial charge on any atom is 0.248 e. The van der Waals surface area contributed by atoms with Gasteiger partial charge >= 0.3 is 0 Å². The van der Waals surface area contributed by atoms with E-state index in [0.717, 1.165) is 22.5 Å². The first-order chi connectivity index (χ1) is 18.5. The van der Waals surface area contributed by atoms with E-state index < -0.39 is 6.98 Å². The van der Waals surface area contributed by atoms with Crippen LogP contribution in [0, 0.1) is 0 Å². The molecule has 0 N–H and O–H groups in total. The van der Waals surface area contributed by atoms with Gasteiger partial charge in [0.05, 0.1) is 28.7 Å². The average Bonchev–Trinajstić information content (AvgIpc) is 3.57. The van der Waals surface area contributed by atoms with Crippen molar-refractivity contribution in [3.8, 4) is 34.0 Å². The first-order valence-electron chi connectivity index (χ1n) is 13.6. The number of rotatable bonds is 4. The molecule has 188 valence electrons. The van der Waals surface area contributed by atoms with Gasteiger partial charge < -0.3 is 28.7 Å². The summed E-state index contributed by atoms with van der Waals surface area (Å²) in [5.41, 5.74) is 6.16. The van der Waals surface area contributed by atoms with Gasteiger partial charge in [-0.05, 0) is 29.3 Å². The lowest BCUT2D eigenvalue weighted by Crippen LogP contribution is -3.00. The Morgan fingerprint density at radius 3 is 2.43 bits per heavy atom. The lowest BCUT2D eigenvalue weighted by atomic mass is 9.59. The molecular formula is C31H31IN4O. The number of aromatic nitrogens is 4. The number of ether oxygens (including phenoxy) is 1. The van der Waals surface area contributed by atoms with Gasteiger partial charge in [0.2, 0.25) is 6.33 Å². The minimum Gasteiger partial charge on any atom is -1.00 e. The quantitative estimate of drug-likeness (QED) is 0.232. The molecule has 1 aliphatic heterocycles. The van der Waals surface area contributed by atoms with Crippen molar-refractivity contribution in [1.29, 1.82) is 0 Å². The van der Waals surface area contributed by atoms with Crippen LogP contribution in [-0.4, -0.2) is 14.3 Å². The second-order valence-corrected chi connectivity index (χ2v) is 10.4. The first-order valence-corrected chi connectivity index (χ1v) is 12.1. The number of hydrogen-bond donors (Lipinski definition) is 0. The van der Waals surface area contributed by atoms with Gasteiger partial charge in [0.15, 0.2) is 0 Å². The molecule has 0 atom stereocenters. The summed E-state index contributed by atoms with van der Waals surface area (Å²) in [7, 11) is 0. The highest BCUT2D eigenvalue weighted by Gasteiger charge is 2.48. The summed E-state index contributed by atoms with van der Waals surface area (Å²) in [5, 5.41) is 4.87. The van der Waals surface area contributed by atoms with Crippen molar-refractivity contribution in [2.45, 2.75) is 38.5 Å². The summed E-state index contributed by atoms with van der Waals surface area (Å²) in [6.45, 7) is 6.95. The minimum atomic E-state index is -2.23. The Kier molecular flexibility index (Phi) is 5.37. The van der Waals surface area contributed by atoms with Crippen LogP contribution in [0.4, 0.5) is 0 Å². The van der Waals surface area contributed by atoms with Crippen LogP contribution in [-0.2, 0) is 17.8 Å². The summed E-state index contributed by atoms with van der Waals surface area (Å²) in [5.74, 6) is 1.36. The van der Waals surface area contributed by atoms with E-state index in [-0.39, 0.29) is 34.8 Å². The number of hydrogen-bond acceptors (Lipinski definition) is 2. The standard InChI is InChI=1S/C31H31N4O.HI/c1-30(2)27-15-14-25(36-24-13-9-12-23(18-24)34-17-16-33(5)21-34)19-28(27)35-29(31(30,3)4)26(20-32-35)22-10-7-6-8-11-22;/h6-21H,1-5H3;1H/q+1;/p-1/i5D3;. The molecule has 0 radical (unpaired) electrons. The molecule has 6 heteroatoms. The van der Waals surface area contributed by atoms with Crippen molar-refractivity contribution in [1.82, 2.24) is 14.3 Å². The van der Waals surface area contributed by atoms with E-state index in [0.29, 0.717) is 11.5 Å². The molecule has 5 aromatic rings. The fourth-order valence-corrected chi connectivity index (χ4v) is 5.22. The van der Waals surface area contributed by atoms with Gasteiger partial charge in [-0.3, -0.25) is 0 Å². The number of imidazole rings is 1. The molecule has 0 fully saturated rings. The number of benzene rings is 3. The Morgan fingerprint density at radius 2 is 1.68 bits per heavy atom. The van der Waals surface area contributed by atoms with E-state index in [4.69, 9.17) is 13.9 Å². The maximum atomic E-state index is 7.62. The number of aryl methyl sites for hydroxylation is 1. The summed E-state index contributed by atoms with van der Waals surface area (Å²) in [6, 6.07) is 24.2. The van der Waals surface area contributed by atoms with E-state index in [9.17, 15) is 0 Å². The van der Waals surface area contributed by atoms with Crippen molar-refractivity contribution >= 4 is 0 Å². The third-order valence-electron chi connectivity index (χ3n) is 7.87. The Bertz CT molecular complexity index is 1690. The van der Waals surface area contributed by atoms with Gasteiger partial charge in [-0.2, -0.15) is 5.10 Å². The highest BCUT2D eigenvalue weighted by atomic mass is 127. The van der Waals surface area contributed by atoms with E-state index in [2.05, 4.69) is 68.8 Å². The summed E-state index contributed by atoms with van der Waals surface area (Å²) >= 11 is 0. The summed E-state index contributed by atoms with van der Waals surface area (Å²) in [6.07, 6.45) is 6.78. The molecule has 0 saturated heterocycles. The molecule has 5 nitrogen and oxygen atoms in total. The van der Waals surface area contributed by atoms with Crippen molar-refractivity contribution in [3.05, 3.63) is 109 Å². The van der Waals surface area contributed by atoms with Crippen LogP contribution in [0.2, 0.25) is 0 Å². The number of nitrogens with zero attached hydrogens (tertiary/aromatic N) is 4. The molecule has 0 aliphatic carbocycles. The topological polar surface area (TPSA) is 35.9 Å². The third-order valence-corrected chi connectivity index (χ3v) is 7.87. The van der Waals surface area contributed by atoms with Crippen LogP contribution in [0.5, 0.6) is 11.5 Å². The van der Waals surface area contributed by atoms with Crippen molar-refractivity contribution in [2.24, 2.45) is 6.98 Å². The predicted octanol–water partition coefficient (Wildman–Crippen LogP) is 3.52. The smallest absolute Gasteiger partial charge is 0.248 e. The van der Waals surface area contributed by atoms with Gasteiger partial charge in [0, 0.05) is 28.5 Å². The Balaban J connectivity index is 0.00000323. The van der Waals surface area contributed by atoms with Crippen molar-refractivity contribution in [3.63, 3.8) is 0 Å². The molecule has 2 aromatic heterocycles. The molecule has 0 amide bonds. The lowest BCUT2D eigenvalue weighted by molar-refractivity contribution is -0.670. The van der Waals surface area contributed by atoms with Gasteiger partial charge in [0.25, 0.3) is 0 Å². The number of fused-ring (bicyclic) bond motifs is 3. The normalized spacial score (nSPS) is 16.4. The molecule has 0 bridgehead atoms. The molecular weight excluding hydrogens is 571 g/mol. The van der Waals surface area contributed by atoms with Gasteiger partial charge in [-0.25, -0.2) is 13.8 Å². The molecule has 0 spiro atoms. The molecule has 3 aromatic carbocycles. The third kappa shape index (κ3) is 4.07. The van der Waals surface area contributed by atoms with Crippen LogP contribution in [0.1, 0.15) is 43.1 Å². The minimum absolute atomic E-state index is 0. The van der Waals surface area contributed by atoms with Crippen LogP contribution in [0.15, 0.2) is 97.7 Å². The predicted molar refractivity (Wildman–Crippen MR) is 142 cm³/mol. The molecule has 0 unspecified atom stereocenters. The Morgan fingerprint density at radius 1 is 0.892 bits per heavy atom. The highest BCUT2D eigenvalue weighted by molar-refractivity contribution is 5.71. The van der Waals surface area contributed by atoms with Crippen LogP contribution >= 0.6 is 0 Å². The highest BCUT2D eigenvalue weighted by Crippen LogP contribution is 2.52. The van der Waals surface area contributed by atoms with E-state index in [1.54, 1.807) is 23.3 Å². The van der Waals surface area contributed by atoms with E-state index in [1.165, 1.54) is 15.8 Å². The van der Waals surface area contributed by atoms with Crippen LogP contribution in [0.3, 0.4) is 0 Å². The first kappa shape index (κ1) is 21.7. The summed E-state index contributed by atoms with van der Waals surface area (Å²) < 4.78 is 34.2. The summed E-state index contributed by atoms with van der Waals surface area (Å²) in [4.78, 5) is 0. The van der Waals surface area contributed by atoms with Crippen LogP contribution in [0.25, 0.3) is 22.5 Å². The second kappa shape index (κ2) is 9.17. The number of halogens is 1. The molecule has 3 heterocycles. The SMILES string of the molecule is [2H]C([2H])([2H])[n+]1ccn(-c2cccc(Oc3ccc4c(c3)-n3ncc(-c5ccccc5)c3C(C)(C)C4(C)C)c2)c1.[I-]. The van der Waals surface area contributed by atoms with Crippen molar-refractivity contribution < 1.29 is 37.4 Å². The van der Waals surface area contributed by atoms with Gasteiger partial charge in [-0.1, -0.05) is 70.2 Å². The zero-order valence-electron chi connectivity index (χ0n) is 24.3. The molecule has 0 saturated carbocycles. The Labute approximate surface area is 239 Å². The molecule has 37 heavy (non-hydrogen) atoms. The zero-order valence-corrected chi connectivity index (χ0v) is 23.5. The van der Waals surface area contributed by atoms with Gasteiger partial charge in [-0.15, -0.1) is 0 Å². The Hall–Kier alpha value is -3.39. The zero-order chi connectivity index (χ0) is 27.6. The van der Waals surface area contributed by atoms with Crippen molar-refractivity contribution in [2.75, 3.05) is 0 Å². The largest absolute Gasteiger partial charge is 1.00 e. The van der Waals surface area contributed by atoms with E-state index >= 15 is 0 Å². The second-order valence-electron chi connectivity index (χ2n) is 10.4. The van der Waals surface area contributed by atoms with E-state index in [1.807, 2.05) is 42.6 Å². The lowest BCUT2D eigenvalue weighted by Gasteiger charge is -2.47. The molecule has 1 aliphatic rings. The van der Waals surface area contributed by atoms with Gasteiger partial charge in [0.1, 0.15) is 29.6 Å². The fourth-order valence-electron chi connectivity index (χ4n) is 5.22. The van der Waals surface area contributed by atoms with Crippen LogP contribution < -0.4 is 33.3 Å². The fraction of sp³-hybridized carbons (Fsp3) is 0.226.